The van der Waals surface area contributed by atoms with Gasteiger partial charge in [-0.25, -0.2) is 0 Å². The summed E-state index contributed by atoms with van der Waals surface area (Å²) >= 11 is 1.56. The van der Waals surface area contributed by atoms with Crippen molar-refractivity contribution in [3.05, 3.63) is 24.8 Å². The van der Waals surface area contributed by atoms with Crippen molar-refractivity contribution in [3.8, 4) is 0 Å². The number of esters is 1. The number of thioether (sulfide) groups is 1. The molecule has 3 N–H and O–H groups in total. The number of carbonyl (C=O) groups excluding carboxylic acids is 1. The molecule has 6 heteroatoms. The van der Waals surface area contributed by atoms with Crippen LogP contribution in [-0.2, 0) is 9.53 Å². The molecule has 0 aromatic rings. The van der Waals surface area contributed by atoms with Crippen LogP contribution in [0.3, 0.4) is 0 Å². The SMILES string of the molecule is C=CC(O)(CC=C[C@@H]1[C@@H](CCCCSCC(=O)OC)[C@@H](O)C[C@H]1O)CCCC. The lowest BCUT2D eigenvalue weighted by Crippen LogP contribution is -2.25. The van der Waals surface area contributed by atoms with Crippen molar-refractivity contribution in [2.45, 2.75) is 76.1 Å². The molecule has 0 bridgehead atoms. The Hall–Kier alpha value is -0.820. The second-order valence-electron chi connectivity index (χ2n) is 7.78. The largest absolute Gasteiger partial charge is 0.468 e. The molecule has 28 heavy (non-hydrogen) atoms. The lowest BCUT2D eigenvalue weighted by Gasteiger charge is -2.24. The summed E-state index contributed by atoms with van der Waals surface area (Å²) in [5.74, 6) is 0.993. The fraction of sp³-hybridized carbons (Fsp3) is 0.773. The van der Waals surface area contributed by atoms with Gasteiger partial charge in [0.2, 0.25) is 0 Å². The summed E-state index contributed by atoms with van der Waals surface area (Å²) in [4.78, 5) is 11.1. The first-order chi connectivity index (χ1) is 13.4. The highest BCUT2D eigenvalue weighted by molar-refractivity contribution is 7.99. The van der Waals surface area contributed by atoms with Crippen LogP contribution >= 0.6 is 11.8 Å². The van der Waals surface area contributed by atoms with Gasteiger partial charge in [-0.15, -0.1) is 6.58 Å². The summed E-state index contributed by atoms with van der Waals surface area (Å²) in [6, 6.07) is 0. The minimum absolute atomic E-state index is 0.0318. The van der Waals surface area contributed by atoms with E-state index in [0.717, 1.165) is 37.9 Å². The molecule has 1 unspecified atom stereocenters. The Morgan fingerprint density at radius 3 is 2.68 bits per heavy atom. The maximum atomic E-state index is 11.1. The molecule has 0 aromatic heterocycles. The molecule has 1 saturated carbocycles. The minimum Gasteiger partial charge on any atom is -0.468 e. The lowest BCUT2D eigenvalue weighted by atomic mass is 9.87. The van der Waals surface area contributed by atoms with Crippen LogP contribution in [0.15, 0.2) is 24.8 Å². The molecule has 5 nitrogen and oxygen atoms in total. The topological polar surface area (TPSA) is 87.0 Å². The van der Waals surface area contributed by atoms with Crippen LogP contribution in [0, 0.1) is 11.8 Å². The Morgan fingerprint density at radius 1 is 1.29 bits per heavy atom. The number of carbonyl (C=O) groups is 1. The van der Waals surface area contributed by atoms with Gasteiger partial charge in [-0.05, 0) is 37.4 Å². The number of hydrogen-bond acceptors (Lipinski definition) is 6. The maximum absolute atomic E-state index is 11.1. The number of aliphatic hydroxyl groups excluding tert-OH is 2. The molecule has 162 valence electrons. The average molecular weight is 415 g/mol. The fourth-order valence-electron chi connectivity index (χ4n) is 3.78. The molecule has 0 saturated heterocycles. The van der Waals surface area contributed by atoms with Gasteiger partial charge in [-0.3, -0.25) is 4.79 Å². The monoisotopic (exact) mass is 414 g/mol. The minimum atomic E-state index is -0.902. The average Bonchev–Trinajstić information content (AvgIpc) is 2.95. The van der Waals surface area contributed by atoms with E-state index in [1.54, 1.807) is 17.8 Å². The molecular formula is C22H38O5S. The highest BCUT2D eigenvalue weighted by atomic mass is 32.2. The molecule has 0 heterocycles. The number of ether oxygens (including phenoxy) is 1. The van der Waals surface area contributed by atoms with Crippen molar-refractivity contribution in [2.24, 2.45) is 11.8 Å². The molecule has 0 spiro atoms. The van der Waals surface area contributed by atoms with Gasteiger partial charge in [-0.1, -0.05) is 44.4 Å². The first kappa shape index (κ1) is 25.2. The van der Waals surface area contributed by atoms with Crippen LogP contribution in [0.4, 0.5) is 0 Å². The molecule has 0 amide bonds. The molecule has 5 atom stereocenters. The Labute approximate surface area is 174 Å². The predicted octanol–water partition coefficient (Wildman–Crippen LogP) is 3.47. The van der Waals surface area contributed by atoms with Crippen molar-refractivity contribution >= 4 is 17.7 Å². The zero-order valence-corrected chi connectivity index (χ0v) is 18.2. The van der Waals surface area contributed by atoms with Gasteiger partial charge < -0.3 is 20.1 Å². The highest BCUT2D eigenvalue weighted by Crippen LogP contribution is 2.37. The lowest BCUT2D eigenvalue weighted by molar-refractivity contribution is -0.137. The van der Waals surface area contributed by atoms with Crippen molar-refractivity contribution in [3.63, 3.8) is 0 Å². The molecule has 1 aliphatic rings. The summed E-state index contributed by atoms with van der Waals surface area (Å²) in [5.41, 5.74) is -0.902. The molecule has 1 aliphatic carbocycles. The third-order valence-electron chi connectivity index (χ3n) is 5.61. The van der Waals surface area contributed by atoms with Gasteiger partial charge in [-0.2, -0.15) is 11.8 Å². The van der Waals surface area contributed by atoms with E-state index in [4.69, 9.17) is 0 Å². The van der Waals surface area contributed by atoms with Crippen LogP contribution in [0.2, 0.25) is 0 Å². The molecule has 0 radical (unpaired) electrons. The smallest absolute Gasteiger partial charge is 0.315 e. The van der Waals surface area contributed by atoms with Crippen molar-refractivity contribution < 1.29 is 24.9 Å². The molecule has 0 aliphatic heterocycles. The second-order valence-corrected chi connectivity index (χ2v) is 8.88. The van der Waals surface area contributed by atoms with Gasteiger partial charge in [0.05, 0.1) is 30.7 Å². The third kappa shape index (κ3) is 8.68. The number of methoxy groups -OCH3 is 1. The Morgan fingerprint density at radius 2 is 2.04 bits per heavy atom. The highest BCUT2D eigenvalue weighted by Gasteiger charge is 2.39. The Balaban J connectivity index is 2.47. The van der Waals surface area contributed by atoms with Gasteiger partial charge >= 0.3 is 5.97 Å². The van der Waals surface area contributed by atoms with E-state index in [9.17, 15) is 20.1 Å². The molecule has 0 aromatic carbocycles. The van der Waals surface area contributed by atoms with Crippen molar-refractivity contribution in [2.75, 3.05) is 18.6 Å². The van der Waals surface area contributed by atoms with Crippen LogP contribution in [-0.4, -0.2) is 57.7 Å². The van der Waals surface area contributed by atoms with Crippen molar-refractivity contribution in [1.29, 1.82) is 0 Å². The molecule has 1 fully saturated rings. The van der Waals surface area contributed by atoms with E-state index in [1.165, 1.54) is 7.11 Å². The van der Waals surface area contributed by atoms with Crippen LogP contribution in [0.1, 0.15) is 58.3 Å². The fourth-order valence-corrected chi connectivity index (χ4v) is 4.61. The predicted molar refractivity (Wildman–Crippen MR) is 115 cm³/mol. The summed E-state index contributed by atoms with van der Waals surface area (Å²) in [7, 11) is 1.39. The van der Waals surface area contributed by atoms with E-state index >= 15 is 0 Å². The van der Waals surface area contributed by atoms with Crippen LogP contribution < -0.4 is 0 Å². The number of aliphatic hydroxyl groups is 3. The Kier molecular flexibility index (Phi) is 12.1. The third-order valence-corrected chi connectivity index (χ3v) is 6.63. The van der Waals surface area contributed by atoms with Crippen molar-refractivity contribution in [1.82, 2.24) is 0 Å². The summed E-state index contributed by atoms with van der Waals surface area (Å²) in [6.07, 6.45) is 10.7. The first-order valence-electron chi connectivity index (χ1n) is 10.4. The normalized spacial score (nSPS) is 27.0. The number of unbranched alkanes of at least 4 members (excludes halogenated alkanes) is 2. The van der Waals surface area contributed by atoms with Gasteiger partial charge in [0.15, 0.2) is 0 Å². The number of hydrogen-bond donors (Lipinski definition) is 3. The van der Waals surface area contributed by atoms with Gasteiger partial charge in [0, 0.05) is 12.3 Å². The quantitative estimate of drug-likeness (QED) is 0.229. The maximum Gasteiger partial charge on any atom is 0.315 e. The van der Waals surface area contributed by atoms with E-state index in [-0.39, 0.29) is 17.8 Å². The zero-order valence-electron chi connectivity index (χ0n) is 17.4. The van der Waals surface area contributed by atoms with E-state index in [0.29, 0.717) is 25.0 Å². The molecular weight excluding hydrogens is 376 g/mol. The summed E-state index contributed by atoms with van der Waals surface area (Å²) in [6.45, 7) is 5.85. The van der Waals surface area contributed by atoms with E-state index in [1.807, 2.05) is 12.2 Å². The van der Waals surface area contributed by atoms with Crippen LogP contribution in [0.5, 0.6) is 0 Å². The van der Waals surface area contributed by atoms with Crippen LogP contribution in [0.25, 0.3) is 0 Å². The first-order valence-corrected chi connectivity index (χ1v) is 11.6. The Bertz CT molecular complexity index is 495. The van der Waals surface area contributed by atoms with Gasteiger partial charge in [0.1, 0.15) is 0 Å². The second kappa shape index (κ2) is 13.4. The standard InChI is InChI=1S/C22H38O5S/c1-4-6-12-22(26,5-2)13-9-11-18-17(19(23)15-20(18)24)10-7-8-14-28-16-21(25)27-3/h5,9,11,17-20,23-24,26H,2,4,6-8,10,12-16H2,1,3H3/t17-,18-,19+,20-,22?/m1/s1. The van der Waals surface area contributed by atoms with E-state index < -0.39 is 17.8 Å². The number of rotatable bonds is 14. The zero-order chi connectivity index (χ0) is 21.0. The summed E-state index contributed by atoms with van der Waals surface area (Å²) < 4.78 is 4.62. The summed E-state index contributed by atoms with van der Waals surface area (Å²) in [5, 5.41) is 31.2. The van der Waals surface area contributed by atoms with E-state index in [2.05, 4.69) is 18.2 Å². The molecule has 1 rings (SSSR count). The van der Waals surface area contributed by atoms with Gasteiger partial charge in [0.25, 0.3) is 0 Å².